The van der Waals surface area contributed by atoms with Crippen molar-refractivity contribution in [2.75, 3.05) is 6.54 Å². The number of urea groups is 2. The molecule has 144 valence electrons. The number of carbonyl (C=O) groups excluding carboxylic acids is 2. The van der Waals surface area contributed by atoms with Crippen LogP contribution in [0.1, 0.15) is 38.7 Å². The van der Waals surface area contributed by atoms with Crippen molar-refractivity contribution in [1.82, 2.24) is 21.3 Å². The number of nitrogens with one attached hydrogen (secondary N) is 4. The Morgan fingerprint density at radius 3 is 2.27 bits per heavy atom. The summed E-state index contributed by atoms with van der Waals surface area (Å²) in [4.78, 5) is 34.5. The van der Waals surface area contributed by atoms with Gasteiger partial charge < -0.3 is 26.4 Å². The van der Waals surface area contributed by atoms with Crippen molar-refractivity contribution in [3.05, 3.63) is 35.9 Å². The first-order chi connectivity index (χ1) is 12.4. The van der Waals surface area contributed by atoms with Gasteiger partial charge in [0.1, 0.15) is 6.04 Å². The van der Waals surface area contributed by atoms with E-state index in [4.69, 9.17) is 5.11 Å². The first-order valence-electron chi connectivity index (χ1n) is 8.74. The van der Waals surface area contributed by atoms with Crippen molar-refractivity contribution < 1.29 is 19.5 Å². The predicted molar refractivity (Wildman–Crippen MR) is 98.8 cm³/mol. The number of rotatable bonds is 10. The lowest BCUT2D eigenvalue weighted by Crippen LogP contribution is -2.47. The Balaban J connectivity index is 2.17. The highest BCUT2D eigenvalue weighted by molar-refractivity contribution is 5.82. The molecule has 4 amide bonds. The maximum Gasteiger partial charge on any atom is 0.326 e. The number of benzene rings is 1. The van der Waals surface area contributed by atoms with Crippen LogP contribution in [0.4, 0.5) is 9.59 Å². The lowest BCUT2D eigenvalue weighted by atomic mass is 10.1. The minimum Gasteiger partial charge on any atom is -0.480 e. The highest BCUT2D eigenvalue weighted by atomic mass is 16.4. The maximum atomic E-state index is 11.7. The van der Waals surface area contributed by atoms with Gasteiger partial charge in [0.25, 0.3) is 0 Å². The molecule has 0 aliphatic carbocycles. The van der Waals surface area contributed by atoms with Gasteiger partial charge >= 0.3 is 18.0 Å². The fourth-order valence-corrected chi connectivity index (χ4v) is 2.24. The second-order valence-corrected chi connectivity index (χ2v) is 6.25. The number of carboxylic acids is 1. The average molecular weight is 364 g/mol. The van der Waals surface area contributed by atoms with Gasteiger partial charge in [-0.05, 0) is 38.7 Å². The number of amides is 4. The third-order valence-corrected chi connectivity index (χ3v) is 3.52. The van der Waals surface area contributed by atoms with Crippen LogP contribution in [0, 0.1) is 0 Å². The molecule has 0 heterocycles. The zero-order valence-corrected chi connectivity index (χ0v) is 15.2. The fraction of sp³-hybridized carbons (Fsp3) is 0.500. The van der Waals surface area contributed by atoms with E-state index in [9.17, 15) is 14.4 Å². The van der Waals surface area contributed by atoms with Crippen molar-refractivity contribution >= 4 is 18.0 Å². The molecule has 0 saturated carbocycles. The smallest absolute Gasteiger partial charge is 0.326 e. The molecule has 0 aromatic heterocycles. The quantitative estimate of drug-likeness (QED) is 0.407. The molecular weight excluding hydrogens is 336 g/mol. The molecule has 0 saturated heterocycles. The van der Waals surface area contributed by atoms with Crippen molar-refractivity contribution in [2.24, 2.45) is 0 Å². The number of hydrogen-bond donors (Lipinski definition) is 5. The van der Waals surface area contributed by atoms with Gasteiger partial charge in [-0.3, -0.25) is 0 Å². The van der Waals surface area contributed by atoms with Crippen molar-refractivity contribution in [3.8, 4) is 0 Å². The van der Waals surface area contributed by atoms with E-state index in [2.05, 4.69) is 21.3 Å². The fourth-order valence-electron chi connectivity index (χ4n) is 2.24. The summed E-state index contributed by atoms with van der Waals surface area (Å²) in [5.74, 6) is -1.07. The second-order valence-electron chi connectivity index (χ2n) is 6.25. The zero-order chi connectivity index (χ0) is 19.4. The summed E-state index contributed by atoms with van der Waals surface area (Å²) in [6, 6.07) is 7.80. The minimum atomic E-state index is -1.07. The Morgan fingerprint density at radius 1 is 0.962 bits per heavy atom. The van der Waals surface area contributed by atoms with Crippen LogP contribution >= 0.6 is 0 Å². The molecule has 0 radical (unpaired) electrons. The summed E-state index contributed by atoms with van der Waals surface area (Å²) in [6.07, 6.45) is 1.49. The van der Waals surface area contributed by atoms with E-state index >= 15 is 0 Å². The molecule has 8 nitrogen and oxygen atoms in total. The predicted octanol–water partition coefficient (Wildman–Crippen LogP) is 1.82. The molecule has 1 aromatic rings. The Hall–Kier alpha value is -2.77. The molecule has 0 aliphatic heterocycles. The lowest BCUT2D eigenvalue weighted by Gasteiger charge is -2.16. The summed E-state index contributed by atoms with van der Waals surface area (Å²) in [6.45, 7) is 4.47. The van der Waals surface area contributed by atoms with Crippen LogP contribution < -0.4 is 21.3 Å². The lowest BCUT2D eigenvalue weighted by molar-refractivity contribution is -0.139. The van der Waals surface area contributed by atoms with Crippen LogP contribution in [-0.2, 0) is 11.3 Å². The van der Waals surface area contributed by atoms with Crippen LogP contribution in [-0.4, -0.2) is 41.8 Å². The molecule has 0 bridgehead atoms. The highest BCUT2D eigenvalue weighted by Gasteiger charge is 2.19. The zero-order valence-electron chi connectivity index (χ0n) is 15.2. The van der Waals surface area contributed by atoms with Gasteiger partial charge in [0.2, 0.25) is 0 Å². The van der Waals surface area contributed by atoms with Gasteiger partial charge in [0.15, 0.2) is 0 Å². The number of hydrogen-bond acceptors (Lipinski definition) is 3. The van der Waals surface area contributed by atoms with Gasteiger partial charge in [0.05, 0.1) is 0 Å². The van der Waals surface area contributed by atoms with Crippen molar-refractivity contribution in [2.45, 2.75) is 51.7 Å². The molecule has 1 aromatic carbocycles. The Labute approximate surface area is 153 Å². The van der Waals surface area contributed by atoms with E-state index in [0.717, 1.165) is 5.56 Å². The maximum absolute atomic E-state index is 11.7. The van der Waals surface area contributed by atoms with Crippen LogP contribution in [0.3, 0.4) is 0 Å². The molecule has 0 fully saturated rings. The standard InChI is InChI=1S/C18H28N4O4/c1-13(2)21-18(26)22-15(16(23)24)10-6-7-11-19-17(25)20-12-14-8-4-3-5-9-14/h3-5,8-9,13,15H,6-7,10-12H2,1-2H3,(H,23,24)(H2,19,20,25)(H2,21,22,26)/t15-/m0/s1. The van der Waals surface area contributed by atoms with Crippen LogP contribution in [0.15, 0.2) is 30.3 Å². The monoisotopic (exact) mass is 364 g/mol. The van der Waals surface area contributed by atoms with Crippen LogP contribution in [0.2, 0.25) is 0 Å². The number of carboxylic acid groups (broad SMARTS) is 1. The van der Waals surface area contributed by atoms with Gasteiger partial charge in [-0.2, -0.15) is 0 Å². The number of carbonyl (C=O) groups is 3. The summed E-state index contributed by atoms with van der Waals surface area (Å²) in [5.41, 5.74) is 1.01. The Bertz CT molecular complexity index is 578. The van der Waals surface area contributed by atoms with Crippen LogP contribution in [0.25, 0.3) is 0 Å². The van der Waals surface area contributed by atoms with Crippen molar-refractivity contribution in [1.29, 1.82) is 0 Å². The van der Waals surface area contributed by atoms with Gasteiger partial charge in [-0.1, -0.05) is 30.3 Å². The topological polar surface area (TPSA) is 120 Å². The summed E-state index contributed by atoms with van der Waals surface area (Å²) in [5, 5.41) is 19.7. The van der Waals surface area contributed by atoms with Gasteiger partial charge in [0, 0.05) is 19.1 Å². The third-order valence-electron chi connectivity index (χ3n) is 3.52. The Kier molecular flexibility index (Phi) is 9.59. The van der Waals surface area contributed by atoms with E-state index in [1.54, 1.807) is 13.8 Å². The number of unbranched alkanes of at least 4 members (excludes halogenated alkanes) is 1. The molecule has 26 heavy (non-hydrogen) atoms. The van der Waals surface area contributed by atoms with E-state index in [1.165, 1.54) is 0 Å². The summed E-state index contributed by atoms with van der Waals surface area (Å²) < 4.78 is 0. The van der Waals surface area contributed by atoms with Gasteiger partial charge in [-0.15, -0.1) is 0 Å². The second kappa shape index (κ2) is 11.7. The van der Waals surface area contributed by atoms with Gasteiger partial charge in [-0.25, -0.2) is 14.4 Å². The first-order valence-corrected chi connectivity index (χ1v) is 8.74. The van der Waals surface area contributed by atoms with E-state index in [0.29, 0.717) is 32.4 Å². The summed E-state index contributed by atoms with van der Waals surface area (Å²) >= 11 is 0. The molecule has 1 rings (SSSR count). The van der Waals surface area contributed by atoms with E-state index in [1.807, 2.05) is 30.3 Å². The SMILES string of the molecule is CC(C)NC(=O)N[C@@H](CCCCNC(=O)NCc1ccccc1)C(=O)O. The highest BCUT2D eigenvalue weighted by Crippen LogP contribution is 2.01. The largest absolute Gasteiger partial charge is 0.480 e. The molecular formula is C18H28N4O4. The average Bonchev–Trinajstić information content (AvgIpc) is 2.58. The molecule has 0 spiro atoms. The molecule has 0 unspecified atom stereocenters. The molecule has 5 N–H and O–H groups in total. The number of aliphatic carboxylic acids is 1. The first kappa shape index (κ1) is 21.3. The van der Waals surface area contributed by atoms with E-state index in [-0.39, 0.29) is 12.1 Å². The summed E-state index contributed by atoms with van der Waals surface area (Å²) in [7, 11) is 0. The van der Waals surface area contributed by atoms with Crippen molar-refractivity contribution in [3.63, 3.8) is 0 Å². The minimum absolute atomic E-state index is 0.0666. The Morgan fingerprint density at radius 2 is 1.65 bits per heavy atom. The van der Waals surface area contributed by atoms with Crippen LogP contribution in [0.5, 0.6) is 0 Å². The normalized spacial score (nSPS) is 11.5. The molecule has 0 aliphatic rings. The molecule has 8 heteroatoms. The third kappa shape index (κ3) is 9.51. The molecule has 1 atom stereocenters. The van der Waals surface area contributed by atoms with E-state index < -0.39 is 18.0 Å².